The molecule has 3 rings (SSSR count). The Morgan fingerprint density at radius 3 is 2.67 bits per heavy atom. The summed E-state index contributed by atoms with van der Waals surface area (Å²) in [4.78, 5) is 29.9. The molecule has 1 atom stereocenters. The third-order valence-corrected chi connectivity index (χ3v) is 6.16. The van der Waals surface area contributed by atoms with Crippen molar-refractivity contribution in [3.63, 3.8) is 0 Å². The van der Waals surface area contributed by atoms with Crippen molar-refractivity contribution in [2.24, 2.45) is 5.73 Å². The first-order valence-corrected chi connectivity index (χ1v) is 10.3. The number of aromatic nitrogens is 1. The Morgan fingerprint density at radius 1 is 1.30 bits per heavy atom. The van der Waals surface area contributed by atoms with Crippen LogP contribution in [0.1, 0.15) is 34.2 Å². The molecule has 2 aromatic rings. The second-order valence-corrected chi connectivity index (χ2v) is 8.03. The van der Waals surface area contributed by atoms with Crippen LogP contribution < -0.4 is 21.3 Å². The molecule has 144 valence electrons. The van der Waals surface area contributed by atoms with Crippen LogP contribution in [0.15, 0.2) is 33.3 Å². The molecule has 1 aliphatic heterocycles. The summed E-state index contributed by atoms with van der Waals surface area (Å²) in [5.74, 6) is -0.408. The molecule has 9 heteroatoms. The Balaban J connectivity index is 1.90. The third-order valence-electron chi connectivity index (χ3n) is 4.38. The first-order chi connectivity index (χ1) is 12.9. The van der Waals surface area contributed by atoms with Crippen LogP contribution in [0, 0.1) is 0 Å². The van der Waals surface area contributed by atoms with E-state index < -0.39 is 0 Å². The number of anilines is 2. The molecule has 2 heterocycles. The number of H-pyrrole nitrogens is 1. The standard InChI is InChI=1S/C18H21Br2N5O2/c1-2-22-17(26)10-3-4-13(15(7-10)25-6-5-11(21)9-25)24-18(27)14-8-12(19)16(20)23-14/h3-4,7-8,11,23H,2,5-6,9,21H2,1H3,(H,22,26)(H,24,27). The van der Waals surface area contributed by atoms with Crippen molar-refractivity contribution in [1.29, 1.82) is 0 Å². The van der Waals surface area contributed by atoms with Crippen molar-refractivity contribution in [3.8, 4) is 0 Å². The number of nitrogens with zero attached hydrogens (tertiary/aromatic N) is 1. The Hall–Kier alpha value is -1.84. The van der Waals surface area contributed by atoms with Gasteiger partial charge in [-0.05, 0) is 69.5 Å². The van der Waals surface area contributed by atoms with E-state index in [1.807, 2.05) is 6.92 Å². The van der Waals surface area contributed by atoms with Gasteiger partial charge in [0, 0.05) is 31.2 Å². The van der Waals surface area contributed by atoms with Gasteiger partial charge in [-0.2, -0.15) is 0 Å². The summed E-state index contributed by atoms with van der Waals surface area (Å²) in [7, 11) is 0. The minimum absolute atomic E-state index is 0.0805. The van der Waals surface area contributed by atoms with Gasteiger partial charge in [-0.25, -0.2) is 0 Å². The van der Waals surface area contributed by atoms with Gasteiger partial charge >= 0.3 is 0 Å². The van der Waals surface area contributed by atoms with E-state index in [1.165, 1.54) is 0 Å². The van der Waals surface area contributed by atoms with Crippen LogP contribution in [-0.2, 0) is 0 Å². The van der Waals surface area contributed by atoms with Crippen molar-refractivity contribution >= 4 is 55.0 Å². The maximum Gasteiger partial charge on any atom is 0.272 e. The number of amides is 2. The minimum Gasteiger partial charge on any atom is -0.368 e. The molecule has 0 spiro atoms. The highest BCUT2D eigenvalue weighted by atomic mass is 79.9. The van der Waals surface area contributed by atoms with Crippen LogP contribution in [0.3, 0.4) is 0 Å². The zero-order valence-corrected chi connectivity index (χ0v) is 18.0. The van der Waals surface area contributed by atoms with E-state index in [9.17, 15) is 9.59 Å². The summed E-state index contributed by atoms with van der Waals surface area (Å²) in [6, 6.07) is 7.06. The van der Waals surface area contributed by atoms with E-state index in [0.29, 0.717) is 34.6 Å². The number of hydrogen-bond donors (Lipinski definition) is 4. The number of nitrogens with one attached hydrogen (secondary N) is 3. The predicted octanol–water partition coefficient (Wildman–Crippen LogP) is 3.08. The summed E-state index contributed by atoms with van der Waals surface area (Å²) in [5.41, 5.74) is 8.46. The maximum absolute atomic E-state index is 12.6. The molecule has 1 fully saturated rings. The van der Waals surface area contributed by atoms with Gasteiger partial charge in [-0.1, -0.05) is 0 Å². The number of rotatable bonds is 5. The molecule has 7 nitrogen and oxygen atoms in total. The lowest BCUT2D eigenvalue weighted by molar-refractivity contribution is 0.0955. The van der Waals surface area contributed by atoms with Crippen molar-refractivity contribution in [2.45, 2.75) is 19.4 Å². The highest BCUT2D eigenvalue weighted by Crippen LogP contribution is 2.31. The van der Waals surface area contributed by atoms with Crippen molar-refractivity contribution in [1.82, 2.24) is 10.3 Å². The lowest BCUT2D eigenvalue weighted by Crippen LogP contribution is -2.28. The van der Waals surface area contributed by atoms with Crippen molar-refractivity contribution in [2.75, 3.05) is 29.9 Å². The van der Waals surface area contributed by atoms with Gasteiger partial charge in [-0.15, -0.1) is 0 Å². The van der Waals surface area contributed by atoms with E-state index >= 15 is 0 Å². The number of nitrogens with two attached hydrogens (primary N) is 1. The van der Waals surface area contributed by atoms with E-state index in [1.54, 1.807) is 24.3 Å². The molecule has 0 bridgehead atoms. The third kappa shape index (κ3) is 4.53. The molecule has 2 amide bonds. The fraction of sp³-hybridized carbons (Fsp3) is 0.333. The van der Waals surface area contributed by atoms with Crippen molar-refractivity contribution in [3.05, 3.63) is 44.6 Å². The average Bonchev–Trinajstić information content (AvgIpc) is 3.21. The predicted molar refractivity (Wildman–Crippen MR) is 113 cm³/mol. The monoisotopic (exact) mass is 497 g/mol. The second kappa shape index (κ2) is 8.45. The maximum atomic E-state index is 12.6. The van der Waals surface area contributed by atoms with Crippen LogP contribution in [0.2, 0.25) is 0 Å². The Morgan fingerprint density at radius 2 is 2.07 bits per heavy atom. The van der Waals surface area contributed by atoms with Gasteiger partial charge in [0.15, 0.2) is 0 Å². The van der Waals surface area contributed by atoms with Crippen LogP contribution in [0.5, 0.6) is 0 Å². The summed E-state index contributed by atoms with van der Waals surface area (Å²) in [6.07, 6.45) is 0.870. The Bertz CT molecular complexity index is 848. The van der Waals surface area contributed by atoms with E-state index in [2.05, 4.69) is 52.4 Å². The molecule has 1 aromatic carbocycles. The van der Waals surface area contributed by atoms with Gasteiger partial charge in [0.2, 0.25) is 0 Å². The molecular weight excluding hydrogens is 478 g/mol. The summed E-state index contributed by atoms with van der Waals surface area (Å²) in [6.45, 7) is 3.89. The highest BCUT2D eigenvalue weighted by Gasteiger charge is 2.24. The SMILES string of the molecule is CCNC(=O)c1ccc(NC(=O)c2cc(Br)c(Br)[nH]2)c(N2CCC(N)C2)c1. The lowest BCUT2D eigenvalue weighted by Gasteiger charge is -2.23. The minimum atomic E-state index is -0.267. The van der Waals surface area contributed by atoms with Gasteiger partial charge in [0.25, 0.3) is 11.8 Å². The van der Waals surface area contributed by atoms with Gasteiger partial charge < -0.3 is 26.3 Å². The first-order valence-electron chi connectivity index (χ1n) is 8.67. The molecule has 1 saturated heterocycles. The van der Waals surface area contributed by atoms with Gasteiger partial charge in [0.1, 0.15) is 5.69 Å². The molecule has 1 unspecified atom stereocenters. The molecule has 1 aromatic heterocycles. The number of carbonyl (C=O) groups excluding carboxylic acids is 2. The second-order valence-electron chi connectivity index (χ2n) is 6.39. The normalized spacial score (nSPS) is 16.4. The topological polar surface area (TPSA) is 103 Å². The Kier molecular flexibility index (Phi) is 6.23. The van der Waals surface area contributed by atoms with E-state index in [4.69, 9.17) is 5.73 Å². The number of benzene rings is 1. The van der Waals surface area contributed by atoms with Crippen LogP contribution in [0.25, 0.3) is 0 Å². The van der Waals surface area contributed by atoms with Crippen LogP contribution in [-0.4, -0.2) is 42.5 Å². The van der Waals surface area contributed by atoms with Crippen molar-refractivity contribution < 1.29 is 9.59 Å². The highest BCUT2D eigenvalue weighted by molar-refractivity contribution is 9.13. The molecule has 0 radical (unpaired) electrons. The smallest absolute Gasteiger partial charge is 0.272 e. The molecule has 1 aliphatic rings. The number of carbonyl (C=O) groups is 2. The first kappa shape index (κ1) is 19.9. The summed E-state index contributed by atoms with van der Waals surface area (Å²) < 4.78 is 1.47. The largest absolute Gasteiger partial charge is 0.368 e. The zero-order valence-electron chi connectivity index (χ0n) is 14.8. The van der Waals surface area contributed by atoms with E-state index in [0.717, 1.165) is 23.1 Å². The number of halogens is 2. The average molecular weight is 499 g/mol. The molecular formula is C18H21Br2N5O2. The lowest BCUT2D eigenvalue weighted by atomic mass is 10.1. The molecule has 0 saturated carbocycles. The Labute approximate surface area is 174 Å². The quantitative estimate of drug-likeness (QED) is 0.508. The number of hydrogen-bond acceptors (Lipinski definition) is 4. The van der Waals surface area contributed by atoms with E-state index in [-0.39, 0.29) is 17.9 Å². The van der Waals surface area contributed by atoms with Crippen LogP contribution in [0.4, 0.5) is 11.4 Å². The van der Waals surface area contributed by atoms with Gasteiger partial charge in [0.05, 0.1) is 20.5 Å². The summed E-state index contributed by atoms with van der Waals surface area (Å²) in [5, 5.41) is 5.73. The molecule has 0 aliphatic carbocycles. The number of aromatic amines is 1. The fourth-order valence-electron chi connectivity index (χ4n) is 3.03. The van der Waals surface area contributed by atoms with Crippen LogP contribution >= 0.6 is 31.9 Å². The molecule has 27 heavy (non-hydrogen) atoms. The molecule has 5 N–H and O–H groups in total. The summed E-state index contributed by atoms with van der Waals surface area (Å²) >= 11 is 6.70. The zero-order chi connectivity index (χ0) is 19.6. The van der Waals surface area contributed by atoms with Gasteiger partial charge in [-0.3, -0.25) is 9.59 Å². The fourth-order valence-corrected chi connectivity index (χ4v) is 3.68.